The van der Waals surface area contributed by atoms with E-state index in [9.17, 15) is 18.0 Å². The van der Waals surface area contributed by atoms with E-state index in [1.165, 1.54) is 17.8 Å². The summed E-state index contributed by atoms with van der Waals surface area (Å²) in [6.07, 6.45) is 1.11. The molecule has 1 unspecified atom stereocenters. The average Bonchev–Trinajstić information content (AvgIpc) is 3.10. The number of sulfonamides is 1. The molecule has 0 aliphatic heterocycles. The van der Waals surface area contributed by atoms with Crippen molar-refractivity contribution >= 4 is 45.1 Å². The van der Waals surface area contributed by atoms with E-state index < -0.39 is 34.6 Å². The molecule has 1 heterocycles. The molecule has 0 spiro atoms. The standard InChI is InChI=1S/C22H25N3O6S2/c1-14-8-9-20(33(29,30)24-16(13-26)11-21(27)28)19(10-14)31-15(2)12-25-18-7-5-4-6-17(18)23-22(25)32-3/h4-10,13,15-16,24H,11-12H2,1-3H3,(H,27,28)/t15-,16?/m1/s1. The number of hydrogen-bond donors (Lipinski definition) is 2. The van der Waals surface area contributed by atoms with Crippen LogP contribution < -0.4 is 9.46 Å². The van der Waals surface area contributed by atoms with E-state index in [1.807, 2.05) is 42.0 Å². The molecule has 2 N–H and O–H groups in total. The molecule has 0 amide bonds. The molecule has 3 aromatic rings. The van der Waals surface area contributed by atoms with Gasteiger partial charge in [-0.1, -0.05) is 30.0 Å². The van der Waals surface area contributed by atoms with E-state index in [-0.39, 0.29) is 16.9 Å². The number of aromatic nitrogens is 2. The molecule has 0 saturated carbocycles. The van der Waals surface area contributed by atoms with Crippen molar-refractivity contribution in [2.24, 2.45) is 0 Å². The number of nitrogens with zero attached hydrogens (tertiary/aromatic N) is 2. The number of hydrogen-bond acceptors (Lipinski definition) is 7. The molecular formula is C22H25N3O6S2. The van der Waals surface area contributed by atoms with Crippen molar-refractivity contribution in [1.29, 1.82) is 0 Å². The van der Waals surface area contributed by atoms with Gasteiger partial charge in [0.25, 0.3) is 0 Å². The maximum absolute atomic E-state index is 12.9. The molecule has 2 atom stereocenters. The average molecular weight is 492 g/mol. The maximum atomic E-state index is 12.9. The summed E-state index contributed by atoms with van der Waals surface area (Å²) in [4.78, 5) is 26.5. The summed E-state index contributed by atoms with van der Waals surface area (Å²) in [5.74, 6) is -1.17. The highest BCUT2D eigenvalue weighted by Gasteiger charge is 2.26. The van der Waals surface area contributed by atoms with Gasteiger partial charge in [-0.05, 0) is 49.9 Å². The fraction of sp³-hybridized carbons (Fsp3) is 0.318. The number of nitrogens with one attached hydrogen (secondary N) is 1. The van der Waals surface area contributed by atoms with Crippen LogP contribution in [0.15, 0.2) is 52.5 Å². The van der Waals surface area contributed by atoms with Gasteiger partial charge in [0.2, 0.25) is 10.0 Å². The van der Waals surface area contributed by atoms with Crippen LogP contribution >= 0.6 is 11.8 Å². The largest absolute Gasteiger partial charge is 0.487 e. The van der Waals surface area contributed by atoms with E-state index in [0.717, 1.165) is 21.8 Å². The fourth-order valence-corrected chi connectivity index (χ4v) is 5.26. The number of benzene rings is 2. The number of rotatable bonds is 11. The van der Waals surface area contributed by atoms with Gasteiger partial charge in [-0.3, -0.25) is 4.79 Å². The zero-order valence-electron chi connectivity index (χ0n) is 18.4. The summed E-state index contributed by atoms with van der Waals surface area (Å²) in [5.41, 5.74) is 2.58. The minimum Gasteiger partial charge on any atom is -0.487 e. The van der Waals surface area contributed by atoms with E-state index in [2.05, 4.69) is 9.71 Å². The Labute approximate surface area is 196 Å². The molecule has 3 rings (SSSR count). The Morgan fingerprint density at radius 1 is 1.30 bits per heavy atom. The number of carbonyl (C=O) groups is 2. The number of aldehydes is 1. The van der Waals surface area contributed by atoms with E-state index in [1.54, 1.807) is 19.1 Å². The lowest BCUT2D eigenvalue weighted by atomic mass is 10.2. The Kier molecular flexibility index (Phi) is 7.77. The van der Waals surface area contributed by atoms with Crippen molar-refractivity contribution in [2.45, 2.75) is 49.0 Å². The second-order valence-corrected chi connectivity index (χ2v) is 9.99. The summed E-state index contributed by atoms with van der Waals surface area (Å²) >= 11 is 1.50. The van der Waals surface area contributed by atoms with Crippen molar-refractivity contribution < 1.29 is 27.9 Å². The Balaban J connectivity index is 1.88. The molecule has 33 heavy (non-hydrogen) atoms. The summed E-state index contributed by atoms with van der Waals surface area (Å²) in [7, 11) is -4.21. The van der Waals surface area contributed by atoms with E-state index >= 15 is 0 Å². The molecule has 11 heteroatoms. The van der Waals surface area contributed by atoms with Crippen LogP contribution in [0.1, 0.15) is 18.9 Å². The lowest BCUT2D eigenvalue weighted by Gasteiger charge is -2.20. The number of aryl methyl sites for hydroxylation is 1. The van der Waals surface area contributed by atoms with Gasteiger partial charge < -0.3 is 19.2 Å². The monoisotopic (exact) mass is 491 g/mol. The number of thioether (sulfide) groups is 1. The number of aliphatic carboxylic acids is 1. The molecule has 0 radical (unpaired) electrons. The number of carboxylic acid groups (broad SMARTS) is 1. The predicted octanol–water partition coefficient (Wildman–Crippen LogP) is 2.85. The summed E-state index contributed by atoms with van der Waals surface area (Å²) in [5, 5.41) is 9.72. The van der Waals surface area contributed by atoms with Crippen LogP contribution in [-0.2, 0) is 26.2 Å². The Morgan fingerprint density at radius 2 is 2.03 bits per heavy atom. The number of carbonyl (C=O) groups excluding carboxylic acids is 1. The SMILES string of the molecule is CSc1nc2ccccc2n1C[C@@H](C)Oc1cc(C)ccc1S(=O)(=O)NC(C=O)CC(=O)O. The molecule has 0 fully saturated rings. The third-order valence-electron chi connectivity index (χ3n) is 4.82. The first kappa shape index (κ1) is 24.7. The molecule has 9 nitrogen and oxygen atoms in total. The van der Waals surface area contributed by atoms with Gasteiger partial charge in [0, 0.05) is 0 Å². The van der Waals surface area contributed by atoms with Gasteiger partial charge in [-0.2, -0.15) is 0 Å². The van der Waals surface area contributed by atoms with Crippen LogP contribution in [0, 0.1) is 6.92 Å². The van der Waals surface area contributed by atoms with E-state index in [0.29, 0.717) is 6.54 Å². The molecule has 2 aromatic carbocycles. The van der Waals surface area contributed by atoms with Gasteiger partial charge in [0.15, 0.2) is 5.16 Å². The van der Waals surface area contributed by atoms with Crippen molar-refractivity contribution in [3.63, 3.8) is 0 Å². The molecule has 0 aliphatic carbocycles. The predicted molar refractivity (Wildman–Crippen MR) is 125 cm³/mol. The van der Waals surface area contributed by atoms with Gasteiger partial charge in [-0.15, -0.1) is 0 Å². The lowest BCUT2D eigenvalue weighted by Crippen LogP contribution is -2.37. The van der Waals surface area contributed by atoms with Crippen molar-refractivity contribution in [3.05, 3.63) is 48.0 Å². The molecular weight excluding hydrogens is 466 g/mol. The quantitative estimate of drug-likeness (QED) is 0.310. The molecule has 0 aliphatic rings. The molecule has 176 valence electrons. The third kappa shape index (κ3) is 5.92. The van der Waals surface area contributed by atoms with Gasteiger partial charge in [-0.25, -0.2) is 18.1 Å². The second kappa shape index (κ2) is 10.4. The minimum absolute atomic E-state index is 0.116. The van der Waals surface area contributed by atoms with Crippen molar-refractivity contribution in [3.8, 4) is 5.75 Å². The first-order valence-corrected chi connectivity index (χ1v) is 12.8. The number of ether oxygens (including phenoxy) is 1. The van der Waals surface area contributed by atoms with Crippen LogP contribution in [0.3, 0.4) is 0 Å². The maximum Gasteiger partial charge on any atom is 0.305 e. The second-order valence-electron chi connectivity index (χ2n) is 7.54. The van der Waals surface area contributed by atoms with Crippen LogP contribution in [-0.4, -0.2) is 53.7 Å². The number of imidazole rings is 1. The molecule has 0 bridgehead atoms. The number of carboxylic acids is 1. The zero-order chi connectivity index (χ0) is 24.2. The van der Waals surface area contributed by atoms with E-state index in [4.69, 9.17) is 9.84 Å². The lowest BCUT2D eigenvalue weighted by molar-refractivity contribution is -0.138. The van der Waals surface area contributed by atoms with Crippen molar-refractivity contribution in [2.75, 3.05) is 6.26 Å². The topological polar surface area (TPSA) is 128 Å². The molecule has 0 saturated heterocycles. The summed E-state index contributed by atoms with van der Waals surface area (Å²) < 4.78 is 36.1. The summed E-state index contributed by atoms with van der Waals surface area (Å²) in [6.45, 7) is 4.05. The van der Waals surface area contributed by atoms with Crippen LogP contribution in [0.4, 0.5) is 0 Å². The van der Waals surface area contributed by atoms with Crippen LogP contribution in [0.2, 0.25) is 0 Å². The van der Waals surface area contributed by atoms with Gasteiger partial charge in [0.1, 0.15) is 23.0 Å². The Hall–Kier alpha value is -2.89. The van der Waals surface area contributed by atoms with Crippen LogP contribution in [0.25, 0.3) is 11.0 Å². The van der Waals surface area contributed by atoms with Gasteiger partial charge >= 0.3 is 5.97 Å². The first-order valence-electron chi connectivity index (χ1n) is 10.1. The number of para-hydroxylation sites is 2. The Morgan fingerprint density at radius 3 is 2.70 bits per heavy atom. The normalized spacial score (nSPS) is 13.5. The zero-order valence-corrected chi connectivity index (χ0v) is 20.0. The highest BCUT2D eigenvalue weighted by Crippen LogP contribution is 2.28. The summed E-state index contributed by atoms with van der Waals surface area (Å²) in [6, 6.07) is 10.9. The van der Waals surface area contributed by atoms with Crippen LogP contribution in [0.5, 0.6) is 5.75 Å². The van der Waals surface area contributed by atoms with Gasteiger partial charge in [0.05, 0.1) is 30.0 Å². The smallest absolute Gasteiger partial charge is 0.305 e. The Bertz CT molecular complexity index is 1270. The highest BCUT2D eigenvalue weighted by atomic mass is 32.2. The third-order valence-corrected chi connectivity index (χ3v) is 7.03. The first-order chi connectivity index (χ1) is 15.6. The molecule has 1 aromatic heterocycles. The highest BCUT2D eigenvalue weighted by molar-refractivity contribution is 7.98. The number of fused-ring (bicyclic) bond motifs is 1. The fourth-order valence-electron chi connectivity index (χ4n) is 3.39. The minimum atomic E-state index is -4.21. The van der Waals surface area contributed by atoms with Crippen molar-refractivity contribution in [1.82, 2.24) is 14.3 Å².